The Morgan fingerprint density at radius 1 is 1.40 bits per heavy atom. The van der Waals surface area contributed by atoms with E-state index in [2.05, 4.69) is 0 Å². The number of rotatable bonds is 3. The molecule has 0 aliphatic carbocycles. The minimum Gasteiger partial charge on any atom is -0.385 e. The fraction of sp³-hybridized carbons (Fsp3) is 0.250. The zero-order valence-corrected chi connectivity index (χ0v) is 7.28. The number of nitro benzene ring substituents is 1. The molecule has 7 heteroatoms. The molecule has 0 aliphatic heterocycles. The molecule has 1 rings (SSSR count). The van der Waals surface area contributed by atoms with Crippen molar-refractivity contribution >= 4 is 5.69 Å². The van der Waals surface area contributed by atoms with Gasteiger partial charge in [-0.15, -0.1) is 0 Å². The van der Waals surface area contributed by atoms with Crippen LogP contribution in [0.5, 0.6) is 0 Å². The summed E-state index contributed by atoms with van der Waals surface area (Å²) >= 11 is 0. The number of hydrogen-bond acceptors (Lipinski definition) is 3. The number of aliphatic hydroxyl groups excluding tert-OH is 1. The summed E-state index contributed by atoms with van der Waals surface area (Å²) in [7, 11) is 0. The number of aliphatic hydroxyl groups is 1. The number of hydrogen-bond donors (Lipinski definition) is 1. The zero-order chi connectivity index (χ0) is 11.6. The first kappa shape index (κ1) is 11.4. The van der Waals surface area contributed by atoms with E-state index in [1.54, 1.807) is 0 Å². The summed E-state index contributed by atoms with van der Waals surface area (Å²) in [5.41, 5.74) is -1.43. The quantitative estimate of drug-likeness (QED) is 0.626. The lowest BCUT2D eigenvalue weighted by molar-refractivity contribution is -0.386. The Morgan fingerprint density at radius 2 is 1.93 bits per heavy atom. The largest absolute Gasteiger partial charge is 0.385 e. The molecule has 0 bridgehead atoms. The monoisotopic (exact) mass is 221 g/mol. The molecular weight excluding hydrogens is 215 g/mol. The maximum atomic E-state index is 12.7. The van der Waals surface area contributed by atoms with Crippen LogP contribution in [-0.4, -0.2) is 16.7 Å². The van der Waals surface area contributed by atoms with E-state index in [0.29, 0.717) is 12.1 Å². The summed E-state index contributed by atoms with van der Waals surface area (Å²) in [5.74, 6) is -2.79. The highest BCUT2D eigenvalue weighted by atomic mass is 19.2. The molecule has 15 heavy (non-hydrogen) atoms. The van der Waals surface area contributed by atoms with Crippen molar-refractivity contribution in [3.63, 3.8) is 0 Å². The number of alkyl halides is 1. The van der Waals surface area contributed by atoms with Crippen molar-refractivity contribution in [1.29, 1.82) is 0 Å². The van der Waals surface area contributed by atoms with E-state index in [9.17, 15) is 23.3 Å². The normalized spacial score (nSPS) is 12.5. The summed E-state index contributed by atoms with van der Waals surface area (Å²) in [6.45, 7) is -1.31. The molecule has 0 saturated heterocycles. The van der Waals surface area contributed by atoms with E-state index in [0.717, 1.165) is 0 Å². The van der Waals surface area contributed by atoms with Crippen molar-refractivity contribution in [2.45, 2.75) is 6.10 Å². The van der Waals surface area contributed by atoms with E-state index < -0.39 is 40.6 Å². The molecule has 1 aromatic rings. The Labute approximate surface area is 82.1 Å². The fourth-order valence-electron chi connectivity index (χ4n) is 1.06. The van der Waals surface area contributed by atoms with Gasteiger partial charge in [0.15, 0.2) is 11.6 Å². The van der Waals surface area contributed by atoms with Crippen LogP contribution >= 0.6 is 0 Å². The van der Waals surface area contributed by atoms with Crippen LogP contribution in [0, 0.1) is 21.7 Å². The highest BCUT2D eigenvalue weighted by molar-refractivity contribution is 5.42. The SMILES string of the molecule is O=[N+]([O-])c1cc(F)c(F)cc1C(O)CF. The first-order chi connectivity index (χ1) is 6.97. The molecule has 1 unspecified atom stereocenters. The van der Waals surface area contributed by atoms with Gasteiger partial charge in [0.2, 0.25) is 0 Å². The van der Waals surface area contributed by atoms with E-state index >= 15 is 0 Å². The Hall–Kier alpha value is -1.63. The molecule has 0 fully saturated rings. The van der Waals surface area contributed by atoms with Crippen molar-refractivity contribution in [1.82, 2.24) is 0 Å². The van der Waals surface area contributed by atoms with Gasteiger partial charge < -0.3 is 5.11 Å². The van der Waals surface area contributed by atoms with Crippen LogP contribution < -0.4 is 0 Å². The van der Waals surface area contributed by atoms with Gasteiger partial charge in [-0.05, 0) is 6.07 Å². The summed E-state index contributed by atoms with van der Waals surface area (Å²) in [4.78, 5) is 9.37. The van der Waals surface area contributed by atoms with Crippen molar-refractivity contribution in [2.24, 2.45) is 0 Å². The van der Waals surface area contributed by atoms with E-state index in [4.69, 9.17) is 5.11 Å². The number of nitrogens with zero attached hydrogens (tertiary/aromatic N) is 1. The van der Waals surface area contributed by atoms with Crippen molar-refractivity contribution in [3.05, 3.63) is 39.4 Å². The number of halogens is 3. The molecule has 0 aromatic heterocycles. The molecule has 0 amide bonds. The lowest BCUT2D eigenvalue weighted by atomic mass is 10.1. The molecule has 0 spiro atoms. The standard InChI is InChI=1S/C8H6F3NO3/c9-3-8(13)4-1-5(10)6(11)2-7(4)12(14)15/h1-2,8,13H,3H2. The second kappa shape index (κ2) is 4.26. The molecule has 4 nitrogen and oxygen atoms in total. The molecule has 0 saturated carbocycles. The zero-order valence-electron chi connectivity index (χ0n) is 7.28. The second-order valence-corrected chi connectivity index (χ2v) is 2.75. The third-order valence-electron chi connectivity index (χ3n) is 1.77. The first-order valence-electron chi connectivity index (χ1n) is 3.84. The van der Waals surface area contributed by atoms with Gasteiger partial charge in [-0.3, -0.25) is 10.1 Å². The van der Waals surface area contributed by atoms with Gasteiger partial charge in [0, 0.05) is 0 Å². The molecule has 82 valence electrons. The molecule has 1 atom stereocenters. The minimum absolute atomic E-state index is 0.309. The average molecular weight is 221 g/mol. The van der Waals surface area contributed by atoms with Crippen LogP contribution in [0.2, 0.25) is 0 Å². The summed E-state index contributed by atoms with van der Waals surface area (Å²) in [6, 6.07) is 0.723. The van der Waals surface area contributed by atoms with E-state index in [1.165, 1.54) is 0 Å². The van der Waals surface area contributed by atoms with Gasteiger partial charge >= 0.3 is 0 Å². The molecule has 0 radical (unpaired) electrons. The van der Waals surface area contributed by atoms with Gasteiger partial charge in [-0.1, -0.05) is 0 Å². The van der Waals surface area contributed by atoms with E-state index in [1.807, 2.05) is 0 Å². The Kier molecular flexibility index (Phi) is 3.25. The molecule has 1 N–H and O–H groups in total. The lowest BCUT2D eigenvalue weighted by Gasteiger charge is -2.07. The average Bonchev–Trinajstić information content (AvgIpc) is 2.20. The van der Waals surface area contributed by atoms with Gasteiger partial charge in [-0.25, -0.2) is 13.2 Å². The summed E-state index contributed by atoms with van der Waals surface area (Å²) < 4.78 is 37.4. The summed E-state index contributed by atoms with van der Waals surface area (Å²) in [5, 5.41) is 19.4. The second-order valence-electron chi connectivity index (χ2n) is 2.75. The number of nitro groups is 1. The maximum absolute atomic E-state index is 12.7. The first-order valence-corrected chi connectivity index (χ1v) is 3.84. The number of benzene rings is 1. The molecule has 0 heterocycles. The Bertz CT molecular complexity index is 397. The van der Waals surface area contributed by atoms with Crippen molar-refractivity contribution < 1.29 is 23.2 Å². The predicted octanol–water partition coefficient (Wildman–Crippen LogP) is 1.88. The van der Waals surface area contributed by atoms with Crippen LogP contribution in [0.15, 0.2) is 12.1 Å². The Morgan fingerprint density at radius 3 is 2.40 bits per heavy atom. The van der Waals surface area contributed by atoms with Crippen LogP contribution in [0.3, 0.4) is 0 Å². The molecule has 1 aromatic carbocycles. The smallest absolute Gasteiger partial charge is 0.278 e. The third-order valence-corrected chi connectivity index (χ3v) is 1.77. The minimum atomic E-state index is -1.83. The maximum Gasteiger partial charge on any atom is 0.278 e. The predicted molar refractivity (Wildman–Crippen MR) is 43.9 cm³/mol. The molecule has 0 aliphatic rings. The fourth-order valence-corrected chi connectivity index (χ4v) is 1.06. The van der Waals surface area contributed by atoms with Gasteiger partial charge in [0.25, 0.3) is 5.69 Å². The summed E-state index contributed by atoms with van der Waals surface area (Å²) in [6.07, 6.45) is -1.83. The van der Waals surface area contributed by atoms with Crippen LogP contribution in [0.25, 0.3) is 0 Å². The van der Waals surface area contributed by atoms with E-state index in [-0.39, 0.29) is 0 Å². The van der Waals surface area contributed by atoms with Gasteiger partial charge in [0.05, 0.1) is 16.6 Å². The molecular formula is C8H6F3NO3. The van der Waals surface area contributed by atoms with Crippen molar-refractivity contribution in [3.8, 4) is 0 Å². The van der Waals surface area contributed by atoms with Gasteiger partial charge in [0.1, 0.15) is 12.8 Å². The van der Waals surface area contributed by atoms with Crippen LogP contribution in [0.4, 0.5) is 18.9 Å². The Balaban J connectivity index is 3.34. The topological polar surface area (TPSA) is 63.4 Å². The lowest BCUT2D eigenvalue weighted by Crippen LogP contribution is -2.05. The highest BCUT2D eigenvalue weighted by Crippen LogP contribution is 2.27. The highest BCUT2D eigenvalue weighted by Gasteiger charge is 2.23. The van der Waals surface area contributed by atoms with Crippen LogP contribution in [0.1, 0.15) is 11.7 Å². The van der Waals surface area contributed by atoms with Crippen LogP contribution in [-0.2, 0) is 0 Å². The van der Waals surface area contributed by atoms with Gasteiger partial charge in [-0.2, -0.15) is 0 Å². The third kappa shape index (κ3) is 2.24. The van der Waals surface area contributed by atoms with Crippen molar-refractivity contribution in [2.75, 3.05) is 6.67 Å².